The van der Waals surface area contributed by atoms with Crippen molar-refractivity contribution < 1.29 is 0 Å². The SMILES string of the molecule is CCNC(=NCc1ccn(C2CCCC2)n1)NCC.I. The maximum atomic E-state index is 4.64. The zero-order valence-corrected chi connectivity index (χ0v) is 14.8. The molecule has 20 heavy (non-hydrogen) atoms. The van der Waals surface area contributed by atoms with Gasteiger partial charge in [-0.25, -0.2) is 4.99 Å². The van der Waals surface area contributed by atoms with Crippen LogP contribution < -0.4 is 10.6 Å². The van der Waals surface area contributed by atoms with Gasteiger partial charge in [-0.15, -0.1) is 24.0 Å². The quantitative estimate of drug-likeness (QED) is 0.461. The van der Waals surface area contributed by atoms with Crippen LogP contribution in [0.15, 0.2) is 17.3 Å². The van der Waals surface area contributed by atoms with Crippen LogP contribution in [0, 0.1) is 0 Å². The highest BCUT2D eigenvalue weighted by Crippen LogP contribution is 2.28. The number of guanidine groups is 1. The van der Waals surface area contributed by atoms with E-state index in [9.17, 15) is 0 Å². The van der Waals surface area contributed by atoms with E-state index >= 15 is 0 Å². The highest BCUT2D eigenvalue weighted by Gasteiger charge is 2.17. The molecule has 2 N–H and O–H groups in total. The Balaban J connectivity index is 0.00000200. The third-order valence-electron chi connectivity index (χ3n) is 3.45. The number of hydrogen-bond acceptors (Lipinski definition) is 2. The van der Waals surface area contributed by atoms with Gasteiger partial charge in [-0.05, 0) is 32.8 Å². The second-order valence-corrected chi connectivity index (χ2v) is 4.95. The molecule has 0 bridgehead atoms. The lowest BCUT2D eigenvalue weighted by Crippen LogP contribution is -2.37. The van der Waals surface area contributed by atoms with Crippen LogP contribution in [0.4, 0.5) is 0 Å². The van der Waals surface area contributed by atoms with Gasteiger partial charge in [0.15, 0.2) is 5.96 Å². The number of aromatic nitrogens is 2. The number of aliphatic imine (C=N–C) groups is 1. The molecular weight excluding hydrogens is 365 g/mol. The Hall–Kier alpha value is -0.790. The van der Waals surface area contributed by atoms with E-state index in [1.807, 2.05) is 0 Å². The van der Waals surface area contributed by atoms with Gasteiger partial charge in [0.25, 0.3) is 0 Å². The maximum Gasteiger partial charge on any atom is 0.191 e. The third kappa shape index (κ3) is 4.96. The highest BCUT2D eigenvalue weighted by atomic mass is 127. The molecule has 0 aromatic carbocycles. The van der Waals surface area contributed by atoms with Crippen LogP contribution in [0.5, 0.6) is 0 Å². The van der Waals surface area contributed by atoms with Gasteiger partial charge >= 0.3 is 0 Å². The van der Waals surface area contributed by atoms with E-state index in [4.69, 9.17) is 0 Å². The topological polar surface area (TPSA) is 54.2 Å². The Labute approximate surface area is 138 Å². The molecule has 1 fully saturated rings. The molecule has 6 heteroatoms. The fourth-order valence-corrected chi connectivity index (χ4v) is 2.50. The summed E-state index contributed by atoms with van der Waals surface area (Å²) < 4.78 is 2.12. The van der Waals surface area contributed by atoms with Crippen LogP contribution in [0.3, 0.4) is 0 Å². The Morgan fingerprint density at radius 3 is 2.55 bits per heavy atom. The fraction of sp³-hybridized carbons (Fsp3) is 0.714. The van der Waals surface area contributed by atoms with Crippen molar-refractivity contribution in [3.63, 3.8) is 0 Å². The minimum Gasteiger partial charge on any atom is -0.357 e. The second kappa shape index (κ2) is 9.20. The molecule has 5 nitrogen and oxygen atoms in total. The molecule has 114 valence electrons. The van der Waals surface area contributed by atoms with Crippen molar-refractivity contribution in [2.24, 2.45) is 4.99 Å². The van der Waals surface area contributed by atoms with Gasteiger partial charge < -0.3 is 10.6 Å². The summed E-state index contributed by atoms with van der Waals surface area (Å²) in [5.74, 6) is 0.861. The van der Waals surface area contributed by atoms with Crippen molar-refractivity contribution in [2.75, 3.05) is 13.1 Å². The molecule has 0 aliphatic heterocycles. The normalized spacial score (nSPS) is 14.7. The second-order valence-electron chi connectivity index (χ2n) is 4.95. The number of hydrogen-bond donors (Lipinski definition) is 2. The molecule has 0 amide bonds. The lowest BCUT2D eigenvalue weighted by Gasteiger charge is -2.09. The molecule has 0 atom stereocenters. The van der Waals surface area contributed by atoms with E-state index in [1.165, 1.54) is 25.7 Å². The van der Waals surface area contributed by atoms with Crippen LogP contribution in [-0.4, -0.2) is 28.8 Å². The molecule has 0 saturated heterocycles. The molecule has 1 saturated carbocycles. The Morgan fingerprint density at radius 1 is 1.30 bits per heavy atom. The summed E-state index contributed by atoms with van der Waals surface area (Å²) in [6.07, 6.45) is 7.31. The van der Waals surface area contributed by atoms with Crippen molar-refractivity contribution in [3.8, 4) is 0 Å². The molecule has 1 aliphatic rings. The van der Waals surface area contributed by atoms with Gasteiger partial charge in [0.2, 0.25) is 0 Å². The van der Waals surface area contributed by atoms with Gasteiger partial charge in [-0.2, -0.15) is 5.10 Å². The van der Waals surface area contributed by atoms with Crippen molar-refractivity contribution in [1.82, 2.24) is 20.4 Å². The summed E-state index contributed by atoms with van der Waals surface area (Å²) in [6, 6.07) is 2.69. The summed E-state index contributed by atoms with van der Waals surface area (Å²) in [6.45, 7) is 6.53. The van der Waals surface area contributed by atoms with Crippen molar-refractivity contribution in [3.05, 3.63) is 18.0 Å². The molecule has 0 spiro atoms. The first-order chi connectivity index (χ1) is 9.33. The lowest BCUT2D eigenvalue weighted by atomic mass is 10.3. The average Bonchev–Trinajstić information content (AvgIpc) is 3.07. The lowest BCUT2D eigenvalue weighted by molar-refractivity contribution is 0.463. The number of nitrogens with zero attached hydrogens (tertiary/aromatic N) is 3. The molecule has 1 heterocycles. The fourth-order valence-electron chi connectivity index (χ4n) is 2.50. The first kappa shape index (κ1) is 17.3. The Bertz CT molecular complexity index is 401. The van der Waals surface area contributed by atoms with Crippen LogP contribution >= 0.6 is 24.0 Å². The molecule has 1 aromatic heterocycles. The van der Waals surface area contributed by atoms with Crippen molar-refractivity contribution >= 4 is 29.9 Å². The predicted molar refractivity (Wildman–Crippen MR) is 93.6 cm³/mol. The van der Waals surface area contributed by atoms with E-state index < -0.39 is 0 Å². The molecular formula is C14H26IN5. The van der Waals surface area contributed by atoms with Gasteiger partial charge in [0.1, 0.15) is 0 Å². The Morgan fingerprint density at radius 2 is 1.95 bits per heavy atom. The summed E-state index contributed by atoms with van der Waals surface area (Å²) in [7, 11) is 0. The van der Waals surface area contributed by atoms with Crippen LogP contribution in [0.25, 0.3) is 0 Å². The highest BCUT2D eigenvalue weighted by molar-refractivity contribution is 14.0. The van der Waals surface area contributed by atoms with E-state index in [2.05, 4.69) is 51.5 Å². The maximum absolute atomic E-state index is 4.64. The van der Waals surface area contributed by atoms with Crippen molar-refractivity contribution in [1.29, 1.82) is 0 Å². The third-order valence-corrected chi connectivity index (χ3v) is 3.45. The van der Waals surface area contributed by atoms with Crippen LogP contribution in [0.1, 0.15) is 51.3 Å². The largest absolute Gasteiger partial charge is 0.357 e. The zero-order valence-electron chi connectivity index (χ0n) is 12.4. The van der Waals surface area contributed by atoms with E-state index in [1.54, 1.807) is 0 Å². The average molecular weight is 391 g/mol. The molecule has 0 unspecified atom stereocenters. The minimum absolute atomic E-state index is 0. The van der Waals surface area contributed by atoms with E-state index in [-0.39, 0.29) is 24.0 Å². The van der Waals surface area contributed by atoms with Crippen LogP contribution in [0.2, 0.25) is 0 Å². The zero-order chi connectivity index (χ0) is 13.5. The van der Waals surface area contributed by atoms with Gasteiger partial charge in [0.05, 0.1) is 18.3 Å². The monoisotopic (exact) mass is 391 g/mol. The molecule has 1 aromatic rings. The molecule has 1 aliphatic carbocycles. The van der Waals surface area contributed by atoms with Gasteiger partial charge in [-0.3, -0.25) is 4.68 Å². The van der Waals surface area contributed by atoms with Gasteiger partial charge in [-0.1, -0.05) is 12.8 Å². The summed E-state index contributed by atoms with van der Waals surface area (Å²) >= 11 is 0. The number of halogens is 1. The number of rotatable bonds is 5. The van der Waals surface area contributed by atoms with Gasteiger partial charge in [0, 0.05) is 19.3 Å². The van der Waals surface area contributed by atoms with E-state index in [0.29, 0.717) is 12.6 Å². The predicted octanol–water partition coefficient (Wildman–Crippen LogP) is 2.69. The first-order valence-corrected chi connectivity index (χ1v) is 7.39. The smallest absolute Gasteiger partial charge is 0.191 e. The summed E-state index contributed by atoms with van der Waals surface area (Å²) in [5, 5.41) is 11.1. The molecule has 2 rings (SSSR count). The summed E-state index contributed by atoms with van der Waals surface area (Å²) in [4.78, 5) is 4.53. The first-order valence-electron chi connectivity index (χ1n) is 7.39. The van der Waals surface area contributed by atoms with Crippen LogP contribution in [-0.2, 0) is 6.54 Å². The van der Waals surface area contributed by atoms with Crippen molar-refractivity contribution in [2.45, 2.75) is 52.1 Å². The summed E-state index contributed by atoms with van der Waals surface area (Å²) in [5.41, 5.74) is 1.04. The standard InChI is InChI=1S/C14H25N5.HI/c1-3-15-14(16-4-2)17-11-12-9-10-19(18-12)13-7-5-6-8-13;/h9-10,13H,3-8,11H2,1-2H3,(H2,15,16,17);1H. The van der Waals surface area contributed by atoms with E-state index in [0.717, 1.165) is 24.7 Å². The number of nitrogens with one attached hydrogen (secondary N) is 2. The molecule has 0 radical (unpaired) electrons. The minimum atomic E-state index is 0. The Kier molecular flexibility index (Phi) is 7.94.